The molecule has 114 valence electrons. The summed E-state index contributed by atoms with van der Waals surface area (Å²) in [7, 11) is 1.38. The van der Waals surface area contributed by atoms with Crippen molar-refractivity contribution in [2.75, 3.05) is 20.3 Å². The van der Waals surface area contributed by atoms with Crippen LogP contribution in [0.1, 0.15) is 51.4 Å². The van der Waals surface area contributed by atoms with Crippen molar-refractivity contribution >= 4 is 11.9 Å². The van der Waals surface area contributed by atoms with E-state index in [1.807, 2.05) is 0 Å². The molecule has 1 amide bonds. The van der Waals surface area contributed by atoms with E-state index in [2.05, 4.69) is 0 Å². The van der Waals surface area contributed by atoms with Gasteiger partial charge in [-0.3, -0.25) is 4.79 Å². The molecule has 0 saturated carbocycles. The number of amides is 1. The fourth-order valence-corrected chi connectivity index (χ4v) is 3.07. The van der Waals surface area contributed by atoms with E-state index in [9.17, 15) is 9.59 Å². The van der Waals surface area contributed by atoms with Gasteiger partial charge in [-0.25, -0.2) is 4.79 Å². The molecule has 0 radical (unpaired) electrons. The summed E-state index contributed by atoms with van der Waals surface area (Å²) in [6, 6.07) is -0.381. The highest BCUT2D eigenvalue weighted by molar-refractivity contribution is 5.84. The minimum absolute atomic E-state index is 0.0641. The van der Waals surface area contributed by atoms with Crippen molar-refractivity contribution in [1.29, 1.82) is 0 Å². The second-order valence-electron chi connectivity index (χ2n) is 5.65. The smallest absolute Gasteiger partial charge is 0.328 e. The number of nitrogens with zero attached hydrogens (tertiary/aromatic N) is 1. The van der Waals surface area contributed by atoms with Gasteiger partial charge in [-0.05, 0) is 44.9 Å². The lowest BCUT2D eigenvalue weighted by atomic mass is 10.00. The predicted octanol–water partition coefficient (Wildman–Crippen LogP) is 1.89. The van der Waals surface area contributed by atoms with Gasteiger partial charge in [0.1, 0.15) is 6.04 Å². The third kappa shape index (κ3) is 3.95. The van der Waals surface area contributed by atoms with E-state index in [-0.39, 0.29) is 24.0 Å². The Labute approximate surface area is 120 Å². The van der Waals surface area contributed by atoms with Crippen LogP contribution in [0.3, 0.4) is 0 Å². The van der Waals surface area contributed by atoms with Gasteiger partial charge < -0.3 is 14.4 Å². The van der Waals surface area contributed by atoms with Gasteiger partial charge in [0.25, 0.3) is 0 Å². The van der Waals surface area contributed by atoms with Gasteiger partial charge in [0.05, 0.1) is 13.2 Å². The van der Waals surface area contributed by atoms with Crippen LogP contribution in [-0.2, 0) is 19.1 Å². The summed E-state index contributed by atoms with van der Waals surface area (Å²) in [5.41, 5.74) is 0. The Kier molecular flexibility index (Phi) is 5.83. The summed E-state index contributed by atoms with van der Waals surface area (Å²) in [4.78, 5) is 25.8. The van der Waals surface area contributed by atoms with E-state index >= 15 is 0 Å². The van der Waals surface area contributed by atoms with E-state index < -0.39 is 0 Å². The average molecular weight is 283 g/mol. The minimum atomic E-state index is -0.381. The summed E-state index contributed by atoms with van der Waals surface area (Å²) < 4.78 is 10.5. The normalized spacial score (nSPS) is 27.1. The number of rotatable bonds is 4. The lowest BCUT2D eigenvalue weighted by molar-refractivity contribution is -0.155. The zero-order chi connectivity index (χ0) is 14.4. The van der Waals surface area contributed by atoms with Gasteiger partial charge in [0.15, 0.2) is 0 Å². The average Bonchev–Trinajstić information content (AvgIpc) is 2.52. The second-order valence-corrected chi connectivity index (χ2v) is 5.65. The molecular formula is C15H25NO4. The second kappa shape index (κ2) is 7.62. The van der Waals surface area contributed by atoms with Gasteiger partial charge in [0.2, 0.25) is 5.91 Å². The number of methoxy groups -OCH3 is 1. The molecule has 2 rings (SSSR count). The Morgan fingerprint density at radius 3 is 2.70 bits per heavy atom. The van der Waals surface area contributed by atoms with Crippen molar-refractivity contribution in [1.82, 2.24) is 4.90 Å². The SMILES string of the molecule is COC(=O)[C@H]1CCCCN1C(=O)CCC1CCCCO1. The predicted molar refractivity (Wildman–Crippen MR) is 74.2 cm³/mol. The first-order valence-corrected chi connectivity index (χ1v) is 7.71. The molecule has 0 bridgehead atoms. The number of carbonyl (C=O) groups is 2. The summed E-state index contributed by atoms with van der Waals surface area (Å²) in [6.07, 6.45) is 7.49. The molecule has 0 spiro atoms. The van der Waals surface area contributed by atoms with Crippen LogP contribution in [0.2, 0.25) is 0 Å². The van der Waals surface area contributed by atoms with Crippen LogP contribution in [0.4, 0.5) is 0 Å². The summed E-state index contributed by atoms with van der Waals surface area (Å²) in [5.74, 6) is -0.221. The highest BCUT2D eigenvalue weighted by atomic mass is 16.5. The number of carbonyl (C=O) groups excluding carboxylic acids is 2. The fraction of sp³-hybridized carbons (Fsp3) is 0.867. The third-order valence-corrected chi connectivity index (χ3v) is 4.25. The summed E-state index contributed by atoms with van der Waals surface area (Å²) in [6.45, 7) is 1.48. The van der Waals surface area contributed by atoms with Crippen LogP contribution in [0.5, 0.6) is 0 Å². The number of hydrogen-bond acceptors (Lipinski definition) is 4. The van der Waals surface area contributed by atoms with Gasteiger partial charge in [-0.1, -0.05) is 0 Å². The van der Waals surface area contributed by atoms with E-state index in [1.54, 1.807) is 4.90 Å². The first kappa shape index (κ1) is 15.3. The lowest BCUT2D eigenvalue weighted by Gasteiger charge is -2.34. The third-order valence-electron chi connectivity index (χ3n) is 4.25. The molecule has 5 heteroatoms. The van der Waals surface area contributed by atoms with Crippen LogP contribution in [0, 0.1) is 0 Å². The van der Waals surface area contributed by atoms with E-state index in [4.69, 9.17) is 9.47 Å². The molecular weight excluding hydrogens is 258 g/mol. The largest absolute Gasteiger partial charge is 0.467 e. The van der Waals surface area contributed by atoms with Gasteiger partial charge in [-0.15, -0.1) is 0 Å². The molecule has 1 unspecified atom stereocenters. The fourth-order valence-electron chi connectivity index (χ4n) is 3.07. The Morgan fingerprint density at radius 1 is 1.20 bits per heavy atom. The standard InChI is InChI=1S/C15H25NO4/c1-19-15(18)13-7-2-4-10-16(13)14(17)9-8-12-6-3-5-11-20-12/h12-13H,2-11H2,1H3/t12?,13-/m1/s1. The molecule has 2 aliphatic rings. The van der Waals surface area contributed by atoms with Crippen LogP contribution in [-0.4, -0.2) is 49.2 Å². The van der Waals surface area contributed by atoms with Crippen molar-refractivity contribution in [2.45, 2.75) is 63.5 Å². The highest BCUT2D eigenvalue weighted by Gasteiger charge is 2.32. The van der Waals surface area contributed by atoms with Crippen LogP contribution >= 0.6 is 0 Å². The number of piperidine rings is 1. The lowest BCUT2D eigenvalue weighted by Crippen LogP contribution is -2.48. The first-order valence-electron chi connectivity index (χ1n) is 7.71. The van der Waals surface area contributed by atoms with Crippen molar-refractivity contribution in [3.8, 4) is 0 Å². The Morgan fingerprint density at radius 2 is 2.00 bits per heavy atom. The van der Waals surface area contributed by atoms with Gasteiger partial charge in [-0.2, -0.15) is 0 Å². The quantitative estimate of drug-likeness (QED) is 0.739. The molecule has 0 aromatic heterocycles. The zero-order valence-corrected chi connectivity index (χ0v) is 12.3. The van der Waals surface area contributed by atoms with Crippen LogP contribution < -0.4 is 0 Å². The zero-order valence-electron chi connectivity index (χ0n) is 12.3. The molecule has 20 heavy (non-hydrogen) atoms. The highest BCUT2D eigenvalue weighted by Crippen LogP contribution is 2.22. The van der Waals surface area contributed by atoms with Crippen LogP contribution in [0.15, 0.2) is 0 Å². The molecule has 5 nitrogen and oxygen atoms in total. The molecule has 0 aromatic rings. The van der Waals surface area contributed by atoms with Crippen LogP contribution in [0.25, 0.3) is 0 Å². The maximum Gasteiger partial charge on any atom is 0.328 e. The number of ether oxygens (including phenoxy) is 2. The molecule has 2 aliphatic heterocycles. The molecule has 2 fully saturated rings. The Hall–Kier alpha value is -1.10. The topological polar surface area (TPSA) is 55.8 Å². The van der Waals surface area contributed by atoms with Crippen molar-refractivity contribution in [3.63, 3.8) is 0 Å². The molecule has 2 atom stereocenters. The molecule has 2 heterocycles. The van der Waals surface area contributed by atoms with Gasteiger partial charge >= 0.3 is 5.97 Å². The van der Waals surface area contributed by atoms with Crippen molar-refractivity contribution in [2.24, 2.45) is 0 Å². The Balaban J connectivity index is 1.83. The van der Waals surface area contributed by atoms with Crippen molar-refractivity contribution < 1.29 is 19.1 Å². The monoisotopic (exact) mass is 283 g/mol. The number of likely N-dealkylation sites (tertiary alicyclic amines) is 1. The number of esters is 1. The molecule has 0 N–H and O–H groups in total. The van der Waals surface area contributed by atoms with E-state index in [0.717, 1.165) is 45.1 Å². The van der Waals surface area contributed by atoms with E-state index in [0.29, 0.717) is 13.0 Å². The Bertz CT molecular complexity index is 339. The molecule has 0 aromatic carbocycles. The minimum Gasteiger partial charge on any atom is -0.467 e. The molecule has 0 aliphatic carbocycles. The maximum absolute atomic E-state index is 12.3. The first-order chi connectivity index (χ1) is 9.72. The number of hydrogen-bond donors (Lipinski definition) is 0. The summed E-state index contributed by atoms with van der Waals surface area (Å²) in [5, 5.41) is 0. The van der Waals surface area contributed by atoms with Crippen molar-refractivity contribution in [3.05, 3.63) is 0 Å². The summed E-state index contributed by atoms with van der Waals surface area (Å²) >= 11 is 0. The maximum atomic E-state index is 12.3. The van der Waals surface area contributed by atoms with Gasteiger partial charge in [0, 0.05) is 19.6 Å². The van der Waals surface area contributed by atoms with E-state index in [1.165, 1.54) is 13.5 Å². The molecule has 2 saturated heterocycles.